The van der Waals surface area contributed by atoms with Crippen molar-refractivity contribution in [3.05, 3.63) is 48.0 Å². The number of carbonyl (C=O) groups is 1. The van der Waals surface area contributed by atoms with Crippen LogP contribution in [0.1, 0.15) is 31.7 Å². The van der Waals surface area contributed by atoms with Gasteiger partial charge in [-0.05, 0) is 37.5 Å². The quantitative estimate of drug-likeness (QED) is 0.492. The van der Waals surface area contributed by atoms with Crippen molar-refractivity contribution < 1.29 is 4.79 Å². The van der Waals surface area contributed by atoms with Crippen LogP contribution in [-0.4, -0.2) is 13.9 Å². The first-order chi connectivity index (χ1) is 10.4. The molecule has 0 fully saturated rings. The van der Waals surface area contributed by atoms with Gasteiger partial charge in [-0.1, -0.05) is 68.2 Å². The van der Waals surface area contributed by atoms with Crippen molar-refractivity contribution in [2.45, 2.75) is 51.9 Å². The fourth-order valence-electron chi connectivity index (χ4n) is 2.36. The second-order valence-electron chi connectivity index (χ2n) is 7.11. The number of rotatable bonds is 7. The Labute approximate surface area is 136 Å². The molecule has 1 aromatic carbocycles. The van der Waals surface area contributed by atoms with Crippen LogP contribution in [0.2, 0.25) is 25.7 Å². The van der Waals surface area contributed by atoms with Crippen LogP contribution in [-0.2, 0) is 4.79 Å². The average Bonchev–Trinajstić information content (AvgIpc) is 2.42. The first-order valence-electron chi connectivity index (χ1n) is 8.09. The molecule has 0 aliphatic carbocycles. The summed E-state index contributed by atoms with van der Waals surface area (Å²) in [6.07, 6.45) is 6.96. The fourth-order valence-corrected chi connectivity index (χ4v) is 3.63. The molecule has 1 rings (SSSR count). The van der Waals surface area contributed by atoms with Crippen LogP contribution in [0.3, 0.4) is 0 Å². The van der Waals surface area contributed by atoms with Gasteiger partial charge in [0.25, 0.3) is 0 Å². The standard InChI is InChI=1S/C20H28OSi/c1-18(21)17-20(15-10-16-22(2,3)4)14-9-8-13-19-11-6-5-7-12-19/h5-7,9,11-12,14,20H,10,15-17H2,1-4H3/b14-9+/t20-/m0/s1. The molecule has 0 heterocycles. The summed E-state index contributed by atoms with van der Waals surface area (Å²) in [7, 11) is -0.983. The summed E-state index contributed by atoms with van der Waals surface area (Å²) in [6, 6.07) is 11.3. The van der Waals surface area contributed by atoms with E-state index in [1.807, 2.05) is 36.4 Å². The van der Waals surface area contributed by atoms with E-state index in [-0.39, 0.29) is 5.78 Å². The minimum atomic E-state index is -0.983. The van der Waals surface area contributed by atoms with Crippen molar-refractivity contribution in [1.29, 1.82) is 0 Å². The molecular weight excluding hydrogens is 284 g/mol. The summed E-state index contributed by atoms with van der Waals surface area (Å²) >= 11 is 0. The molecule has 2 heteroatoms. The van der Waals surface area contributed by atoms with E-state index in [2.05, 4.69) is 37.6 Å². The van der Waals surface area contributed by atoms with Crippen LogP contribution in [0.4, 0.5) is 0 Å². The van der Waals surface area contributed by atoms with E-state index >= 15 is 0 Å². The molecule has 0 saturated heterocycles. The zero-order chi connectivity index (χ0) is 16.4. The molecule has 0 amide bonds. The third-order valence-electron chi connectivity index (χ3n) is 3.49. The van der Waals surface area contributed by atoms with E-state index in [1.165, 1.54) is 12.5 Å². The first-order valence-corrected chi connectivity index (χ1v) is 11.8. The first kappa shape index (κ1) is 18.5. The molecule has 0 radical (unpaired) electrons. The number of hydrogen-bond acceptors (Lipinski definition) is 1. The number of allylic oxidation sites excluding steroid dienone is 2. The van der Waals surface area contributed by atoms with Gasteiger partial charge < -0.3 is 4.79 Å². The molecule has 0 saturated carbocycles. The number of Topliss-reactive ketones (excluding diaryl/α,β-unsaturated/α-hetero) is 1. The minimum absolute atomic E-state index is 0.263. The van der Waals surface area contributed by atoms with Crippen LogP contribution in [0, 0.1) is 17.8 Å². The van der Waals surface area contributed by atoms with Crippen LogP contribution in [0.15, 0.2) is 42.5 Å². The molecule has 118 valence electrons. The number of carbonyl (C=O) groups excluding carboxylic acids is 1. The largest absolute Gasteiger partial charge is 0.300 e. The Hall–Kier alpha value is -1.59. The highest BCUT2D eigenvalue weighted by Crippen LogP contribution is 2.19. The van der Waals surface area contributed by atoms with E-state index < -0.39 is 8.07 Å². The van der Waals surface area contributed by atoms with Gasteiger partial charge in [-0.15, -0.1) is 0 Å². The number of ketones is 1. The van der Waals surface area contributed by atoms with Gasteiger partial charge in [0.1, 0.15) is 5.78 Å². The third-order valence-corrected chi connectivity index (χ3v) is 5.35. The molecule has 0 spiro atoms. The lowest BCUT2D eigenvalue weighted by molar-refractivity contribution is -0.117. The summed E-state index contributed by atoms with van der Waals surface area (Å²) in [6.45, 7) is 8.87. The van der Waals surface area contributed by atoms with Crippen LogP contribution in [0.25, 0.3) is 0 Å². The molecule has 0 N–H and O–H groups in total. The molecule has 22 heavy (non-hydrogen) atoms. The summed E-state index contributed by atoms with van der Waals surface area (Å²) in [5.41, 5.74) is 1.02. The Kier molecular flexibility index (Phi) is 7.91. The zero-order valence-corrected chi connectivity index (χ0v) is 15.4. The summed E-state index contributed by atoms with van der Waals surface area (Å²) in [4.78, 5) is 11.4. The van der Waals surface area contributed by atoms with Gasteiger partial charge in [-0.2, -0.15) is 0 Å². The Morgan fingerprint density at radius 2 is 1.91 bits per heavy atom. The Morgan fingerprint density at radius 3 is 2.50 bits per heavy atom. The molecule has 1 aromatic rings. The average molecular weight is 313 g/mol. The van der Waals surface area contributed by atoms with Crippen LogP contribution >= 0.6 is 0 Å². The van der Waals surface area contributed by atoms with Crippen LogP contribution in [0.5, 0.6) is 0 Å². The smallest absolute Gasteiger partial charge is 0.130 e. The van der Waals surface area contributed by atoms with Gasteiger partial charge in [-0.3, -0.25) is 0 Å². The summed E-state index contributed by atoms with van der Waals surface area (Å²) in [5.74, 6) is 6.79. The molecule has 0 aliphatic heterocycles. The SMILES string of the molecule is CC(=O)C[C@@H](/C=C/C#Cc1ccccc1)CCC[Si](C)(C)C. The monoisotopic (exact) mass is 312 g/mol. The molecule has 0 aromatic heterocycles. The molecule has 0 bridgehead atoms. The zero-order valence-electron chi connectivity index (χ0n) is 14.4. The predicted molar refractivity (Wildman–Crippen MR) is 98.6 cm³/mol. The third kappa shape index (κ3) is 9.36. The van der Waals surface area contributed by atoms with Gasteiger partial charge >= 0.3 is 0 Å². The maximum absolute atomic E-state index is 11.4. The second-order valence-corrected chi connectivity index (χ2v) is 12.7. The lowest BCUT2D eigenvalue weighted by Gasteiger charge is -2.17. The Bertz CT molecular complexity index is 541. The molecule has 1 atom stereocenters. The van der Waals surface area contributed by atoms with Crippen molar-refractivity contribution in [2.75, 3.05) is 0 Å². The summed E-state index contributed by atoms with van der Waals surface area (Å²) < 4.78 is 0. The van der Waals surface area contributed by atoms with E-state index in [9.17, 15) is 4.79 Å². The Morgan fingerprint density at radius 1 is 1.23 bits per heavy atom. The van der Waals surface area contributed by atoms with E-state index in [0.717, 1.165) is 12.0 Å². The van der Waals surface area contributed by atoms with E-state index in [0.29, 0.717) is 12.3 Å². The highest BCUT2D eigenvalue weighted by Gasteiger charge is 2.14. The van der Waals surface area contributed by atoms with Crippen LogP contribution < -0.4 is 0 Å². The van der Waals surface area contributed by atoms with Crippen molar-refractivity contribution >= 4 is 13.9 Å². The van der Waals surface area contributed by atoms with Crippen molar-refractivity contribution in [1.82, 2.24) is 0 Å². The van der Waals surface area contributed by atoms with E-state index in [1.54, 1.807) is 6.92 Å². The predicted octanol–water partition coefficient (Wildman–Crippen LogP) is 5.31. The maximum atomic E-state index is 11.4. The highest BCUT2D eigenvalue weighted by atomic mass is 28.3. The topological polar surface area (TPSA) is 17.1 Å². The number of benzene rings is 1. The minimum Gasteiger partial charge on any atom is -0.300 e. The van der Waals surface area contributed by atoms with Gasteiger partial charge in [-0.25, -0.2) is 0 Å². The van der Waals surface area contributed by atoms with E-state index in [4.69, 9.17) is 0 Å². The molecule has 1 nitrogen and oxygen atoms in total. The lowest BCUT2D eigenvalue weighted by Crippen LogP contribution is -2.19. The van der Waals surface area contributed by atoms with Gasteiger partial charge in [0, 0.05) is 20.1 Å². The fraction of sp³-hybridized carbons (Fsp3) is 0.450. The second kappa shape index (κ2) is 9.43. The highest BCUT2D eigenvalue weighted by molar-refractivity contribution is 6.76. The van der Waals surface area contributed by atoms with Gasteiger partial charge in [0.15, 0.2) is 0 Å². The number of hydrogen-bond donors (Lipinski definition) is 0. The molecular formula is C20H28OSi. The van der Waals surface area contributed by atoms with Gasteiger partial charge in [0.2, 0.25) is 0 Å². The summed E-state index contributed by atoms with van der Waals surface area (Å²) in [5, 5.41) is 0. The van der Waals surface area contributed by atoms with Gasteiger partial charge in [0.05, 0.1) is 0 Å². The van der Waals surface area contributed by atoms with Crippen molar-refractivity contribution in [3.63, 3.8) is 0 Å². The maximum Gasteiger partial charge on any atom is 0.130 e. The Balaban J connectivity index is 2.55. The van der Waals surface area contributed by atoms with Crippen molar-refractivity contribution in [2.24, 2.45) is 5.92 Å². The molecule has 0 unspecified atom stereocenters. The van der Waals surface area contributed by atoms with Crippen molar-refractivity contribution in [3.8, 4) is 11.8 Å². The normalized spacial score (nSPS) is 12.7. The lowest BCUT2D eigenvalue weighted by atomic mass is 9.97. The molecule has 0 aliphatic rings.